The molecule has 1 aromatic rings. The molecular formula is C15H25N3O2S. The summed E-state index contributed by atoms with van der Waals surface area (Å²) in [7, 11) is -3.53. The first-order chi connectivity index (χ1) is 10.1. The van der Waals surface area contributed by atoms with Gasteiger partial charge < -0.3 is 5.32 Å². The topological polar surface area (TPSA) is 71.1 Å². The molecule has 0 aromatic carbocycles. The second-order valence-corrected chi connectivity index (χ2v) is 7.39. The number of nitrogens with zero attached hydrogens (tertiary/aromatic N) is 1. The molecule has 0 aliphatic heterocycles. The first kappa shape index (κ1) is 16.2. The Morgan fingerprint density at radius 3 is 2.76 bits per heavy atom. The number of sulfonamides is 1. The summed E-state index contributed by atoms with van der Waals surface area (Å²) in [6.07, 6.45) is 8.18. The van der Waals surface area contributed by atoms with Crippen molar-refractivity contribution < 1.29 is 8.42 Å². The van der Waals surface area contributed by atoms with Crippen molar-refractivity contribution in [3.05, 3.63) is 18.5 Å². The van der Waals surface area contributed by atoms with Crippen molar-refractivity contribution in [3.63, 3.8) is 0 Å². The Kier molecular flexibility index (Phi) is 5.58. The predicted molar refractivity (Wildman–Crippen MR) is 84.8 cm³/mol. The Bertz CT molecular complexity index is 556. The predicted octanol–water partition coefficient (Wildman–Crippen LogP) is 2.76. The lowest BCUT2D eigenvalue weighted by Gasteiger charge is -2.18. The third-order valence-electron chi connectivity index (χ3n) is 3.77. The van der Waals surface area contributed by atoms with E-state index in [1.54, 1.807) is 12.3 Å². The number of anilines is 1. The van der Waals surface area contributed by atoms with Crippen LogP contribution in [0.3, 0.4) is 0 Å². The first-order valence-electron chi connectivity index (χ1n) is 7.77. The molecule has 1 heterocycles. The SMILES string of the molecule is CCCNc1ccncc1S(=O)(=O)NC(CC)CC1CC1. The molecule has 21 heavy (non-hydrogen) atoms. The molecule has 5 nitrogen and oxygen atoms in total. The zero-order chi connectivity index (χ0) is 15.3. The van der Waals surface area contributed by atoms with Gasteiger partial charge in [0.05, 0.1) is 5.69 Å². The van der Waals surface area contributed by atoms with E-state index >= 15 is 0 Å². The third-order valence-corrected chi connectivity index (χ3v) is 5.32. The van der Waals surface area contributed by atoms with E-state index in [-0.39, 0.29) is 10.9 Å². The number of hydrogen-bond donors (Lipinski definition) is 2. The normalized spacial score (nSPS) is 16.7. The van der Waals surface area contributed by atoms with Gasteiger partial charge in [-0.2, -0.15) is 0 Å². The Labute approximate surface area is 127 Å². The van der Waals surface area contributed by atoms with Crippen molar-refractivity contribution in [1.82, 2.24) is 9.71 Å². The van der Waals surface area contributed by atoms with E-state index in [2.05, 4.69) is 15.0 Å². The van der Waals surface area contributed by atoms with Gasteiger partial charge in [-0.15, -0.1) is 0 Å². The standard InChI is InChI=1S/C15H25N3O2S/c1-3-8-17-14-7-9-16-11-15(14)21(19,20)18-13(4-2)10-12-5-6-12/h7,9,11-13,18H,3-6,8,10H2,1-2H3,(H,16,17). The minimum Gasteiger partial charge on any atom is -0.384 e. The van der Waals surface area contributed by atoms with E-state index in [4.69, 9.17) is 0 Å². The molecule has 118 valence electrons. The average Bonchev–Trinajstić information content (AvgIpc) is 3.28. The number of rotatable bonds is 9. The number of aromatic nitrogens is 1. The summed E-state index contributed by atoms with van der Waals surface area (Å²) in [4.78, 5) is 4.21. The quantitative estimate of drug-likeness (QED) is 0.735. The molecule has 0 spiro atoms. The molecule has 1 aromatic heterocycles. The summed E-state index contributed by atoms with van der Waals surface area (Å²) >= 11 is 0. The van der Waals surface area contributed by atoms with Gasteiger partial charge in [0.2, 0.25) is 10.0 Å². The molecule has 1 aliphatic rings. The van der Waals surface area contributed by atoms with Crippen LogP contribution in [0.15, 0.2) is 23.4 Å². The minimum atomic E-state index is -3.53. The zero-order valence-corrected chi connectivity index (χ0v) is 13.6. The van der Waals surface area contributed by atoms with Gasteiger partial charge in [0.1, 0.15) is 4.90 Å². The fourth-order valence-corrected chi connectivity index (χ4v) is 3.79. The Morgan fingerprint density at radius 2 is 2.14 bits per heavy atom. The molecule has 2 rings (SSSR count). The summed E-state index contributed by atoms with van der Waals surface area (Å²) in [5, 5.41) is 3.15. The third kappa shape index (κ3) is 4.68. The van der Waals surface area contributed by atoms with Crippen molar-refractivity contribution in [1.29, 1.82) is 0 Å². The van der Waals surface area contributed by atoms with E-state index in [9.17, 15) is 8.42 Å². The van der Waals surface area contributed by atoms with E-state index in [1.807, 2.05) is 13.8 Å². The van der Waals surface area contributed by atoms with E-state index < -0.39 is 10.0 Å². The number of nitrogens with one attached hydrogen (secondary N) is 2. The van der Waals surface area contributed by atoms with Gasteiger partial charge in [-0.1, -0.05) is 26.7 Å². The molecular weight excluding hydrogens is 286 g/mol. The van der Waals surface area contributed by atoms with Crippen LogP contribution < -0.4 is 10.0 Å². The molecule has 1 saturated carbocycles. The van der Waals surface area contributed by atoms with Crippen molar-refractivity contribution >= 4 is 15.7 Å². The molecule has 1 fully saturated rings. The van der Waals surface area contributed by atoms with Gasteiger partial charge in [-0.3, -0.25) is 4.98 Å². The lowest BCUT2D eigenvalue weighted by molar-refractivity contribution is 0.495. The highest BCUT2D eigenvalue weighted by atomic mass is 32.2. The summed E-state index contributed by atoms with van der Waals surface area (Å²) < 4.78 is 28.0. The minimum absolute atomic E-state index is 0.0155. The maximum Gasteiger partial charge on any atom is 0.244 e. The summed E-state index contributed by atoms with van der Waals surface area (Å²) in [6.45, 7) is 4.81. The van der Waals surface area contributed by atoms with Crippen molar-refractivity contribution in [2.75, 3.05) is 11.9 Å². The smallest absolute Gasteiger partial charge is 0.244 e. The molecule has 1 unspecified atom stereocenters. The molecule has 0 radical (unpaired) electrons. The zero-order valence-electron chi connectivity index (χ0n) is 12.8. The second kappa shape index (κ2) is 7.22. The van der Waals surface area contributed by atoms with Crippen LogP contribution in [0.25, 0.3) is 0 Å². The van der Waals surface area contributed by atoms with Crippen LogP contribution >= 0.6 is 0 Å². The highest BCUT2D eigenvalue weighted by molar-refractivity contribution is 7.89. The molecule has 0 bridgehead atoms. The highest BCUT2D eigenvalue weighted by Gasteiger charge is 2.28. The first-order valence-corrected chi connectivity index (χ1v) is 9.25. The van der Waals surface area contributed by atoms with E-state index in [0.29, 0.717) is 11.6 Å². The van der Waals surface area contributed by atoms with Crippen LogP contribution in [0.5, 0.6) is 0 Å². The van der Waals surface area contributed by atoms with Crippen molar-refractivity contribution in [2.45, 2.75) is 56.9 Å². The lowest BCUT2D eigenvalue weighted by atomic mass is 10.1. The van der Waals surface area contributed by atoms with Crippen LogP contribution in [0.4, 0.5) is 5.69 Å². The van der Waals surface area contributed by atoms with Crippen LogP contribution in [0.2, 0.25) is 0 Å². The van der Waals surface area contributed by atoms with Gasteiger partial charge in [-0.05, 0) is 31.2 Å². The molecule has 6 heteroatoms. The fourth-order valence-electron chi connectivity index (χ4n) is 2.34. The van der Waals surface area contributed by atoms with E-state index in [0.717, 1.165) is 25.8 Å². The van der Waals surface area contributed by atoms with Crippen LogP contribution in [-0.2, 0) is 10.0 Å². The van der Waals surface area contributed by atoms with Crippen molar-refractivity contribution in [2.24, 2.45) is 5.92 Å². The monoisotopic (exact) mass is 311 g/mol. The molecule has 0 amide bonds. The van der Waals surface area contributed by atoms with Crippen LogP contribution in [0, 0.1) is 5.92 Å². The number of pyridine rings is 1. The van der Waals surface area contributed by atoms with Gasteiger partial charge in [0.15, 0.2) is 0 Å². The second-order valence-electron chi connectivity index (χ2n) is 5.70. The molecule has 0 saturated heterocycles. The number of hydrogen-bond acceptors (Lipinski definition) is 4. The van der Waals surface area contributed by atoms with E-state index in [1.165, 1.54) is 19.0 Å². The molecule has 2 N–H and O–H groups in total. The molecule has 1 aliphatic carbocycles. The van der Waals surface area contributed by atoms with Gasteiger partial charge in [0.25, 0.3) is 0 Å². The highest BCUT2D eigenvalue weighted by Crippen LogP contribution is 2.34. The Morgan fingerprint density at radius 1 is 1.38 bits per heavy atom. The summed E-state index contributed by atoms with van der Waals surface area (Å²) in [5.41, 5.74) is 0.626. The maximum absolute atomic E-state index is 12.6. The lowest BCUT2D eigenvalue weighted by Crippen LogP contribution is -2.35. The largest absolute Gasteiger partial charge is 0.384 e. The van der Waals surface area contributed by atoms with Gasteiger partial charge >= 0.3 is 0 Å². The average molecular weight is 311 g/mol. The van der Waals surface area contributed by atoms with Crippen LogP contribution in [-0.4, -0.2) is 26.0 Å². The Hall–Kier alpha value is -1.14. The van der Waals surface area contributed by atoms with Crippen LogP contribution in [0.1, 0.15) is 46.0 Å². The van der Waals surface area contributed by atoms with Gasteiger partial charge in [-0.25, -0.2) is 13.1 Å². The summed E-state index contributed by atoms with van der Waals surface area (Å²) in [6, 6.07) is 1.73. The Balaban J connectivity index is 2.13. The maximum atomic E-state index is 12.6. The summed E-state index contributed by atoms with van der Waals surface area (Å²) in [5.74, 6) is 0.698. The van der Waals surface area contributed by atoms with Gasteiger partial charge in [0, 0.05) is 25.0 Å². The van der Waals surface area contributed by atoms with Crippen molar-refractivity contribution in [3.8, 4) is 0 Å². The fraction of sp³-hybridized carbons (Fsp3) is 0.667. The molecule has 1 atom stereocenters.